The van der Waals surface area contributed by atoms with Gasteiger partial charge in [-0.15, -0.1) is 10.2 Å². The van der Waals surface area contributed by atoms with E-state index in [-0.39, 0.29) is 0 Å². The smallest absolute Gasteiger partial charge is 0.204 e. The molecule has 0 aliphatic rings. The zero-order valence-corrected chi connectivity index (χ0v) is 11.5. The predicted molar refractivity (Wildman–Crippen MR) is 73.7 cm³/mol. The molecule has 0 bridgehead atoms. The second kappa shape index (κ2) is 6.99. The van der Waals surface area contributed by atoms with Gasteiger partial charge in [0.05, 0.1) is 13.2 Å². The number of hydrogen-bond acceptors (Lipinski definition) is 4. The highest BCUT2D eigenvalue weighted by molar-refractivity contribution is 5.53. The van der Waals surface area contributed by atoms with Crippen LogP contribution in [0, 0.1) is 6.92 Å². The molecule has 1 heterocycles. The number of aromatic nitrogens is 4. The van der Waals surface area contributed by atoms with Crippen LogP contribution in [0.4, 0.5) is 0 Å². The van der Waals surface area contributed by atoms with Crippen LogP contribution in [0.2, 0.25) is 0 Å². The van der Waals surface area contributed by atoms with E-state index in [1.807, 2.05) is 24.3 Å². The van der Waals surface area contributed by atoms with Crippen molar-refractivity contribution in [2.75, 3.05) is 13.2 Å². The summed E-state index contributed by atoms with van der Waals surface area (Å²) in [5.41, 5.74) is 2.21. The van der Waals surface area contributed by atoms with Gasteiger partial charge in [0, 0.05) is 12.2 Å². The van der Waals surface area contributed by atoms with E-state index in [0.717, 1.165) is 25.0 Å². The fourth-order valence-electron chi connectivity index (χ4n) is 1.65. The Morgan fingerprint density at radius 3 is 2.68 bits per heavy atom. The Bertz CT molecular complexity index is 492. The lowest BCUT2D eigenvalue weighted by Gasteiger charge is -2.01. The van der Waals surface area contributed by atoms with Crippen LogP contribution in [-0.2, 0) is 11.3 Å². The van der Waals surface area contributed by atoms with Crippen LogP contribution < -0.4 is 0 Å². The average molecular weight is 260 g/mol. The van der Waals surface area contributed by atoms with Crippen molar-refractivity contribution in [1.82, 2.24) is 20.2 Å². The molecule has 0 aliphatic carbocycles. The topological polar surface area (TPSA) is 52.8 Å². The fourth-order valence-corrected chi connectivity index (χ4v) is 1.65. The number of hydrogen-bond donors (Lipinski definition) is 0. The highest BCUT2D eigenvalue weighted by Crippen LogP contribution is 2.13. The van der Waals surface area contributed by atoms with Crippen LogP contribution in [0.3, 0.4) is 0 Å². The van der Waals surface area contributed by atoms with Crippen LogP contribution in [0.5, 0.6) is 0 Å². The summed E-state index contributed by atoms with van der Waals surface area (Å²) < 4.78 is 5.48. The number of tetrazole rings is 1. The standard InChI is InChI=1S/C14H20N4O/c1-3-4-10-19-11-9-18-16-14(15-17-18)13-7-5-12(2)6-8-13/h5-8H,3-4,9-11H2,1-2H3. The average Bonchev–Trinajstić information content (AvgIpc) is 2.88. The molecule has 0 saturated carbocycles. The normalized spacial score (nSPS) is 10.8. The van der Waals surface area contributed by atoms with Gasteiger partial charge < -0.3 is 4.74 Å². The minimum Gasteiger partial charge on any atom is -0.379 e. The fraction of sp³-hybridized carbons (Fsp3) is 0.500. The Hall–Kier alpha value is -1.75. The maximum atomic E-state index is 5.48. The van der Waals surface area contributed by atoms with Crippen LogP contribution in [0.15, 0.2) is 24.3 Å². The number of rotatable bonds is 7. The summed E-state index contributed by atoms with van der Waals surface area (Å²) in [6.45, 7) is 6.28. The molecular weight excluding hydrogens is 240 g/mol. The molecule has 2 aromatic rings. The van der Waals surface area contributed by atoms with Crippen LogP contribution in [0.25, 0.3) is 11.4 Å². The van der Waals surface area contributed by atoms with Crippen LogP contribution >= 0.6 is 0 Å². The zero-order valence-electron chi connectivity index (χ0n) is 11.5. The predicted octanol–water partition coefficient (Wildman–Crippen LogP) is 2.47. The van der Waals surface area contributed by atoms with Crippen molar-refractivity contribution < 1.29 is 4.74 Å². The molecule has 0 radical (unpaired) electrons. The van der Waals surface area contributed by atoms with Crippen molar-refractivity contribution in [2.24, 2.45) is 0 Å². The first kappa shape index (κ1) is 13.7. The lowest BCUT2D eigenvalue weighted by molar-refractivity contribution is 0.117. The lowest BCUT2D eigenvalue weighted by atomic mass is 10.1. The largest absolute Gasteiger partial charge is 0.379 e. The summed E-state index contributed by atoms with van der Waals surface area (Å²) in [4.78, 5) is 1.58. The molecule has 0 spiro atoms. The Balaban J connectivity index is 1.86. The molecule has 0 saturated heterocycles. The Labute approximate surface area is 113 Å². The van der Waals surface area contributed by atoms with E-state index in [9.17, 15) is 0 Å². The van der Waals surface area contributed by atoms with E-state index in [0.29, 0.717) is 19.0 Å². The first-order valence-electron chi connectivity index (χ1n) is 6.72. The van der Waals surface area contributed by atoms with Gasteiger partial charge in [-0.25, -0.2) is 0 Å². The van der Waals surface area contributed by atoms with Gasteiger partial charge in [0.15, 0.2) is 0 Å². The number of ether oxygens (including phenoxy) is 1. The number of nitrogens with zero attached hydrogens (tertiary/aromatic N) is 4. The summed E-state index contributed by atoms with van der Waals surface area (Å²) in [5, 5.41) is 12.4. The van der Waals surface area contributed by atoms with Crippen molar-refractivity contribution in [3.63, 3.8) is 0 Å². The molecule has 0 atom stereocenters. The van der Waals surface area contributed by atoms with Gasteiger partial charge in [-0.2, -0.15) is 4.80 Å². The summed E-state index contributed by atoms with van der Waals surface area (Å²) in [7, 11) is 0. The van der Waals surface area contributed by atoms with E-state index < -0.39 is 0 Å². The summed E-state index contributed by atoms with van der Waals surface area (Å²) in [6.07, 6.45) is 2.25. The molecule has 102 valence electrons. The second-order valence-electron chi connectivity index (χ2n) is 4.54. The molecule has 1 aromatic heterocycles. The third-order valence-electron chi connectivity index (χ3n) is 2.84. The molecule has 0 aliphatic heterocycles. The second-order valence-corrected chi connectivity index (χ2v) is 4.54. The highest BCUT2D eigenvalue weighted by Gasteiger charge is 2.05. The lowest BCUT2D eigenvalue weighted by Crippen LogP contribution is -2.09. The quantitative estimate of drug-likeness (QED) is 0.718. The minimum absolute atomic E-state index is 0.629. The van der Waals surface area contributed by atoms with E-state index in [2.05, 4.69) is 29.3 Å². The molecule has 0 unspecified atom stereocenters. The molecule has 5 nitrogen and oxygen atoms in total. The van der Waals surface area contributed by atoms with Gasteiger partial charge in [0.2, 0.25) is 5.82 Å². The molecule has 0 fully saturated rings. The Morgan fingerprint density at radius 1 is 1.16 bits per heavy atom. The van der Waals surface area contributed by atoms with Gasteiger partial charge in [0.1, 0.15) is 0 Å². The molecule has 0 amide bonds. The van der Waals surface area contributed by atoms with Gasteiger partial charge in [-0.3, -0.25) is 0 Å². The maximum Gasteiger partial charge on any atom is 0.204 e. The van der Waals surface area contributed by atoms with Crippen molar-refractivity contribution in [1.29, 1.82) is 0 Å². The van der Waals surface area contributed by atoms with E-state index >= 15 is 0 Å². The van der Waals surface area contributed by atoms with E-state index in [1.54, 1.807) is 4.80 Å². The van der Waals surface area contributed by atoms with Gasteiger partial charge in [0.25, 0.3) is 0 Å². The van der Waals surface area contributed by atoms with Gasteiger partial charge in [-0.05, 0) is 18.6 Å². The molecule has 2 rings (SSSR count). The first-order valence-corrected chi connectivity index (χ1v) is 6.72. The van der Waals surface area contributed by atoms with Gasteiger partial charge >= 0.3 is 0 Å². The van der Waals surface area contributed by atoms with Crippen molar-refractivity contribution in [3.05, 3.63) is 29.8 Å². The Morgan fingerprint density at radius 2 is 1.95 bits per heavy atom. The van der Waals surface area contributed by atoms with Crippen LogP contribution in [-0.4, -0.2) is 33.4 Å². The maximum absolute atomic E-state index is 5.48. The minimum atomic E-state index is 0.629. The molecular formula is C14H20N4O. The summed E-state index contributed by atoms with van der Waals surface area (Å²) >= 11 is 0. The molecule has 5 heteroatoms. The summed E-state index contributed by atoms with van der Waals surface area (Å²) in [5.74, 6) is 0.661. The number of unbranched alkanes of at least 4 members (excludes halogenated alkanes) is 1. The monoisotopic (exact) mass is 260 g/mol. The third kappa shape index (κ3) is 4.13. The SMILES string of the molecule is CCCCOCCn1nnc(-c2ccc(C)cc2)n1. The van der Waals surface area contributed by atoms with Crippen LogP contribution in [0.1, 0.15) is 25.3 Å². The zero-order chi connectivity index (χ0) is 13.5. The molecule has 0 N–H and O–H groups in total. The molecule has 1 aromatic carbocycles. The van der Waals surface area contributed by atoms with Crippen molar-refractivity contribution >= 4 is 0 Å². The Kier molecular flexibility index (Phi) is 5.03. The van der Waals surface area contributed by atoms with E-state index in [4.69, 9.17) is 4.74 Å². The summed E-state index contributed by atoms with van der Waals surface area (Å²) in [6, 6.07) is 8.11. The van der Waals surface area contributed by atoms with Crippen molar-refractivity contribution in [3.8, 4) is 11.4 Å². The first-order chi connectivity index (χ1) is 9.29. The van der Waals surface area contributed by atoms with Crippen molar-refractivity contribution in [2.45, 2.75) is 33.2 Å². The third-order valence-corrected chi connectivity index (χ3v) is 2.84. The van der Waals surface area contributed by atoms with Gasteiger partial charge in [-0.1, -0.05) is 43.2 Å². The molecule has 19 heavy (non-hydrogen) atoms. The van der Waals surface area contributed by atoms with E-state index in [1.165, 1.54) is 5.56 Å². The number of benzene rings is 1. The highest BCUT2D eigenvalue weighted by atomic mass is 16.5. The number of aryl methyl sites for hydroxylation is 1.